The second kappa shape index (κ2) is 5.61. The summed E-state index contributed by atoms with van der Waals surface area (Å²) < 4.78 is 10.9. The van der Waals surface area contributed by atoms with Crippen molar-refractivity contribution >= 4 is 5.91 Å². The zero-order valence-electron chi connectivity index (χ0n) is 9.85. The fourth-order valence-electron chi connectivity index (χ4n) is 1.99. The molecule has 0 unspecified atom stereocenters. The first-order valence-electron chi connectivity index (χ1n) is 5.95. The molecule has 2 aliphatic heterocycles. The lowest BCUT2D eigenvalue weighted by Crippen LogP contribution is -2.49. The average molecular weight is 228 g/mol. The Morgan fingerprint density at radius 2 is 2.06 bits per heavy atom. The zero-order valence-corrected chi connectivity index (χ0v) is 9.85. The number of hydrogen-bond acceptors (Lipinski definition) is 4. The van der Waals surface area contributed by atoms with Crippen LogP contribution in [0.4, 0.5) is 0 Å². The molecule has 2 heterocycles. The molecule has 0 aromatic rings. The number of rotatable bonds is 3. The number of nitrogens with zero attached hydrogens (tertiary/aromatic N) is 2. The van der Waals surface area contributed by atoms with Gasteiger partial charge in [0.1, 0.15) is 0 Å². The summed E-state index contributed by atoms with van der Waals surface area (Å²) in [5, 5.41) is 0. The average Bonchev–Trinajstić information content (AvgIpc) is 2.32. The Labute approximate surface area is 96.3 Å². The van der Waals surface area contributed by atoms with E-state index in [0.717, 1.165) is 45.7 Å². The maximum Gasteiger partial charge on any atom is 0.236 e. The van der Waals surface area contributed by atoms with E-state index in [0.29, 0.717) is 6.54 Å². The van der Waals surface area contributed by atoms with Crippen molar-refractivity contribution < 1.29 is 14.3 Å². The van der Waals surface area contributed by atoms with E-state index in [1.165, 1.54) is 0 Å². The third-order valence-corrected chi connectivity index (χ3v) is 3.11. The van der Waals surface area contributed by atoms with Crippen LogP contribution in [-0.4, -0.2) is 68.4 Å². The van der Waals surface area contributed by atoms with Crippen molar-refractivity contribution in [1.29, 1.82) is 0 Å². The molecule has 0 spiro atoms. The van der Waals surface area contributed by atoms with Gasteiger partial charge < -0.3 is 14.4 Å². The van der Waals surface area contributed by atoms with Gasteiger partial charge in [0.2, 0.25) is 5.91 Å². The molecule has 5 heteroatoms. The lowest BCUT2D eigenvalue weighted by Gasteiger charge is -2.33. The Morgan fingerprint density at radius 1 is 1.31 bits per heavy atom. The topological polar surface area (TPSA) is 42.0 Å². The van der Waals surface area contributed by atoms with Crippen molar-refractivity contribution in [3.8, 4) is 0 Å². The molecule has 0 N–H and O–H groups in total. The van der Waals surface area contributed by atoms with E-state index in [9.17, 15) is 4.79 Å². The van der Waals surface area contributed by atoms with E-state index in [-0.39, 0.29) is 12.2 Å². The van der Waals surface area contributed by atoms with Crippen LogP contribution in [0, 0.1) is 0 Å². The Hall–Kier alpha value is -0.650. The Bertz CT molecular complexity index is 241. The Kier molecular flexibility index (Phi) is 4.15. The molecule has 0 bridgehead atoms. The summed E-state index contributed by atoms with van der Waals surface area (Å²) in [7, 11) is 1.85. The number of carbonyl (C=O) groups excluding carboxylic acids is 1. The van der Waals surface area contributed by atoms with E-state index in [2.05, 4.69) is 4.90 Å². The van der Waals surface area contributed by atoms with E-state index >= 15 is 0 Å². The van der Waals surface area contributed by atoms with Crippen LogP contribution in [0.1, 0.15) is 12.8 Å². The minimum absolute atomic E-state index is 0.0662. The van der Waals surface area contributed by atoms with Crippen molar-refractivity contribution in [2.24, 2.45) is 0 Å². The number of hydrogen-bond donors (Lipinski definition) is 0. The van der Waals surface area contributed by atoms with Gasteiger partial charge in [-0.25, -0.2) is 0 Å². The molecule has 2 fully saturated rings. The summed E-state index contributed by atoms with van der Waals surface area (Å²) in [4.78, 5) is 15.4. The smallest absolute Gasteiger partial charge is 0.236 e. The fraction of sp³-hybridized carbons (Fsp3) is 0.909. The van der Waals surface area contributed by atoms with Gasteiger partial charge in [-0.1, -0.05) is 0 Å². The predicted molar refractivity (Wildman–Crippen MR) is 59.0 cm³/mol. The molecule has 0 radical (unpaired) electrons. The highest BCUT2D eigenvalue weighted by Gasteiger charge is 2.22. The normalized spacial score (nSPS) is 25.1. The minimum Gasteiger partial charge on any atom is -0.353 e. The molecule has 16 heavy (non-hydrogen) atoms. The minimum atomic E-state index is -0.0662. The molecule has 1 amide bonds. The van der Waals surface area contributed by atoms with Crippen LogP contribution in [0.2, 0.25) is 0 Å². The van der Waals surface area contributed by atoms with Gasteiger partial charge in [-0.15, -0.1) is 0 Å². The maximum atomic E-state index is 11.5. The Balaban J connectivity index is 1.67. The van der Waals surface area contributed by atoms with Crippen LogP contribution in [-0.2, 0) is 14.3 Å². The second-order valence-corrected chi connectivity index (χ2v) is 4.40. The standard InChI is InChI=1S/C11H20N2O3/c1-12-5-6-13(9-10(12)14)4-3-11-15-7-2-8-16-11/h11H,2-9H2,1H3. The van der Waals surface area contributed by atoms with Crippen molar-refractivity contribution in [3.63, 3.8) is 0 Å². The van der Waals surface area contributed by atoms with Crippen LogP contribution in [0.15, 0.2) is 0 Å². The number of likely N-dealkylation sites (N-methyl/N-ethyl adjacent to an activating group) is 1. The summed E-state index contributed by atoms with van der Waals surface area (Å²) >= 11 is 0. The molecular formula is C11H20N2O3. The maximum absolute atomic E-state index is 11.5. The fourth-order valence-corrected chi connectivity index (χ4v) is 1.99. The SMILES string of the molecule is CN1CCN(CCC2OCCCO2)CC1=O. The molecule has 2 rings (SSSR count). The number of carbonyl (C=O) groups is 1. The number of ether oxygens (including phenoxy) is 2. The summed E-state index contributed by atoms with van der Waals surface area (Å²) in [5.74, 6) is 0.205. The lowest BCUT2D eigenvalue weighted by atomic mass is 10.3. The highest BCUT2D eigenvalue weighted by molar-refractivity contribution is 5.78. The summed E-state index contributed by atoms with van der Waals surface area (Å²) in [6.45, 7) is 4.78. The summed E-state index contributed by atoms with van der Waals surface area (Å²) in [6, 6.07) is 0. The molecule has 0 aromatic carbocycles. The first-order valence-corrected chi connectivity index (χ1v) is 5.95. The van der Waals surface area contributed by atoms with Crippen LogP contribution in [0.3, 0.4) is 0 Å². The van der Waals surface area contributed by atoms with Crippen LogP contribution < -0.4 is 0 Å². The van der Waals surface area contributed by atoms with E-state index in [1.54, 1.807) is 4.90 Å². The molecule has 0 atom stereocenters. The van der Waals surface area contributed by atoms with Crippen molar-refractivity contribution in [1.82, 2.24) is 9.80 Å². The number of piperazine rings is 1. The van der Waals surface area contributed by atoms with Gasteiger partial charge in [0.25, 0.3) is 0 Å². The van der Waals surface area contributed by atoms with Crippen LogP contribution in [0.25, 0.3) is 0 Å². The third-order valence-electron chi connectivity index (χ3n) is 3.11. The molecule has 5 nitrogen and oxygen atoms in total. The van der Waals surface area contributed by atoms with E-state index in [1.807, 2.05) is 7.05 Å². The highest BCUT2D eigenvalue weighted by Crippen LogP contribution is 2.10. The van der Waals surface area contributed by atoms with Gasteiger partial charge in [0.05, 0.1) is 19.8 Å². The third kappa shape index (κ3) is 3.17. The van der Waals surface area contributed by atoms with Gasteiger partial charge in [0, 0.05) is 33.1 Å². The predicted octanol–water partition coefficient (Wildman–Crippen LogP) is -0.0865. The summed E-state index contributed by atoms with van der Waals surface area (Å²) in [5.41, 5.74) is 0. The molecule has 0 aromatic heterocycles. The first kappa shape index (κ1) is 11.8. The van der Waals surface area contributed by atoms with Crippen molar-refractivity contribution in [3.05, 3.63) is 0 Å². The monoisotopic (exact) mass is 228 g/mol. The summed E-state index contributed by atoms with van der Waals surface area (Å²) in [6.07, 6.45) is 1.78. The molecule has 0 aliphatic carbocycles. The van der Waals surface area contributed by atoms with Crippen LogP contribution in [0.5, 0.6) is 0 Å². The molecule has 2 aliphatic rings. The van der Waals surface area contributed by atoms with Gasteiger partial charge in [0.15, 0.2) is 6.29 Å². The number of amides is 1. The van der Waals surface area contributed by atoms with Crippen molar-refractivity contribution in [2.45, 2.75) is 19.1 Å². The van der Waals surface area contributed by atoms with Gasteiger partial charge in [-0.2, -0.15) is 0 Å². The van der Waals surface area contributed by atoms with Gasteiger partial charge >= 0.3 is 0 Å². The van der Waals surface area contributed by atoms with Gasteiger partial charge in [-0.3, -0.25) is 9.69 Å². The first-order chi connectivity index (χ1) is 7.75. The second-order valence-electron chi connectivity index (χ2n) is 4.40. The van der Waals surface area contributed by atoms with Crippen LogP contribution >= 0.6 is 0 Å². The largest absolute Gasteiger partial charge is 0.353 e. The zero-order chi connectivity index (χ0) is 11.4. The lowest BCUT2D eigenvalue weighted by molar-refractivity contribution is -0.183. The molecule has 92 valence electrons. The van der Waals surface area contributed by atoms with E-state index in [4.69, 9.17) is 9.47 Å². The molecule has 2 saturated heterocycles. The highest BCUT2D eigenvalue weighted by atomic mass is 16.7. The van der Waals surface area contributed by atoms with Gasteiger partial charge in [-0.05, 0) is 6.42 Å². The Morgan fingerprint density at radius 3 is 2.75 bits per heavy atom. The quantitative estimate of drug-likeness (QED) is 0.677. The van der Waals surface area contributed by atoms with Crippen molar-refractivity contribution in [2.75, 3.05) is 46.4 Å². The molecule has 0 saturated carbocycles. The van der Waals surface area contributed by atoms with E-state index < -0.39 is 0 Å². The molecular weight excluding hydrogens is 208 g/mol.